The minimum atomic E-state index is -0.497. The third-order valence-corrected chi connectivity index (χ3v) is 5.53. The van der Waals surface area contributed by atoms with Crippen LogP contribution >= 0.6 is 0 Å². The van der Waals surface area contributed by atoms with E-state index in [-0.39, 0.29) is 17.1 Å². The molecule has 10 nitrogen and oxygen atoms in total. The summed E-state index contributed by atoms with van der Waals surface area (Å²) >= 11 is 0. The summed E-state index contributed by atoms with van der Waals surface area (Å²) in [6.07, 6.45) is 3.13. The number of amides is 1. The average molecular weight is 449 g/mol. The number of pyridine rings is 1. The number of aromatic nitrogens is 4. The number of H-pyrrole nitrogens is 1. The first-order chi connectivity index (χ1) is 16.0. The fraction of sp³-hybridized carbons (Fsp3) is 0.227. The molecule has 4 heterocycles. The second kappa shape index (κ2) is 8.34. The van der Waals surface area contributed by atoms with Crippen molar-refractivity contribution < 1.29 is 13.6 Å². The molecule has 0 aliphatic carbocycles. The number of carbonyl (C=O) groups excluding carboxylic acids is 1. The largest absolute Gasteiger partial charge is 0.431 e. The molecule has 0 saturated carbocycles. The second-order valence-electron chi connectivity index (χ2n) is 7.55. The van der Waals surface area contributed by atoms with E-state index in [9.17, 15) is 14.0 Å². The van der Waals surface area contributed by atoms with E-state index in [0.29, 0.717) is 36.0 Å². The van der Waals surface area contributed by atoms with Crippen LogP contribution in [0.2, 0.25) is 0 Å². The van der Waals surface area contributed by atoms with Crippen LogP contribution in [0.25, 0.3) is 22.4 Å². The minimum Gasteiger partial charge on any atom is -0.431 e. The highest BCUT2D eigenvalue weighted by Gasteiger charge is 2.22. The van der Waals surface area contributed by atoms with Gasteiger partial charge in [0, 0.05) is 33.2 Å². The van der Waals surface area contributed by atoms with Crippen LogP contribution in [0.4, 0.5) is 16.1 Å². The van der Waals surface area contributed by atoms with Crippen LogP contribution in [0.3, 0.4) is 0 Å². The van der Waals surface area contributed by atoms with Gasteiger partial charge in [-0.15, -0.1) is 0 Å². The van der Waals surface area contributed by atoms with Gasteiger partial charge < -0.3 is 24.5 Å². The zero-order valence-electron chi connectivity index (χ0n) is 17.7. The number of halogens is 1. The molecule has 1 aliphatic rings. The number of oxazole rings is 1. The van der Waals surface area contributed by atoms with E-state index in [0.717, 1.165) is 24.8 Å². The van der Waals surface area contributed by atoms with Crippen molar-refractivity contribution in [3.05, 3.63) is 64.7 Å². The molecular weight excluding hydrogens is 429 g/mol. The summed E-state index contributed by atoms with van der Waals surface area (Å²) in [4.78, 5) is 43.9. The van der Waals surface area contributed by atoms with Gasteiger partial charge in [0.25, 0.3) is 17.5 Å². The van der Waals surface area contributed by atoms with Crippen LogP contribution in [-0.4, -0.2) is 59.1 Å². The van der Waals surface area contributed by atoms with Gasteiger partial charge in [-0.2, -0.15) is 4.98 Å². The SMILES string of the molecule is CNC(=O)c1ccc(N2CCN(c3nc(-c4nc5ccc(F)cc5c(=O)[nH]4)co3)CC2)cn1. The average Bonchev–Trinajstić information content (AvgIpc) is 3.34. The Kier molecular flexibility index (Phi) is 5.21. The molecule has 2 N–H and O–H groups in total. The number of piperazine rings is 1. The Morgan fingerprint density at radius 3 is 2.64 bits per heavy atom. The lowest BCUT2D eigenvalue weighted by Crippen LogP contribution is -2.46. The molecule has 1 saturated heterocycles. The Bertz CT molecular complexity index is 1380. The Morgan fingerprint density at radius 1 is 1.12 bits per heavy atom. The van der Waals surface area contributed by atoms with Gasteiger partial charge in [-0.25, -0.2) is 14.4 Å². The number of carbonyl (C=O) groups is 1. The summed E-state index contributed by atoms with van der Waals surface area (Å²) in [6.45, 7) is 2.76. The van der Waals surface area contributed by atoms with Gasteiger partial charge in [0.2, 0.25) is 0 Å². The lowest BCUT2D eigenvalue weighted by Gasteiger charge is -2.35. The number of nitrogens with zero attached hydrogens (tertiary/aromatic N) is 5. The van der Waals surface area contributed by atoms with E-state index < -0.39 is 11.4 Å². The number of hydrogen-bond acceptors (Lipinski definition) is 8. The van der Waals surface area contributed by atoms with E-state index in [1.165, 1.54) is 18.4 Å². The predicted octanol–water partition coefficient (Wildman–Crippen LogP) is 1.80. The fourth-order valence-corrected chi connectivity index (χ4v) is 3.74. The van der Waals surface area contributed by atoms with Gasteiger partial charge in [0.15, 0.2) is 5.82 Å². The van der Waals surface area contributed by atoms with Crippen molar-refractivity contribution in [1.82, 2.24) is 25.3 Å². The smallest absolute Gasteiger partial charge is 0.298 e. The third kappa shape index (κ3) is 4.00. The molecule has 11 heteroatoms. The van der Waals surface area contributed by atoms with Gasteiger partial charge in [-0.05, 0) is 30.3 Å². The monoisotopic (exact) mass is 449 g/mol. The predicted molar refractivity (Wildman–Crippen MR) is 120 cm³/mol. The van der Waals surface area contributed by atoms with Gasteiger partial charge in [0.1, 0.15) is 23.5 Å². The Hall–Kier alpha value is -4.28. The van der Waals surface area contributed by atoms with Crippen molar-refractivity contribution in [2.45, 2.75) is 0 Å². The number of fused-ring (bicyclic) bond motifs is 1. The molecule has 1 aliphatic heterocycles. The van der Waals surface area contributed by atoms with Crippen LogP contribution in [-0.2, 0) is 0 Å². The van der Waals surface area contributed by atoms with Crippen molar-refractivity contribution in [3.8, 4) is 11.5 Å². The quantitative estimate of drug-likeness (QED) is 0.484. The maximum atomic E-state index is 13.4. The molecular formula is C22H20FN7O3. The molecule has 1 aromatic carbocycles. The summed E-state index contributed by atoms with van der Waals surface area (Å²) in [6, 6.07) is 7.88. The first kappa shape index (κ1) is 20.6. The molecule has 1 fully saturated rings. The molecule has 3 aromatic heterocycles. The number of rotatable bonds is 4. The maximum Gasteiger partial charge on any atom is 0.298 e. The van der Waals surface area contributed by atoms with Gasteiger partial charge in [-0.3, -0.25) is 9.59 Å². The Labute approximate surface area is 187 Å². The highest BCUT2D eigenvalue weighted by Crippen LogP contribution is 2.23. The van der Waals surface area contributed by atoms with Crippen LogP contribution in [0.1, 0.15) is 10.5 Å². The summed E-state index contributed by atoms with van der Waals surface area (Å²) < 4.78 is 19.1. The van der Waals surface area contributed by atoms with Crippen molar-refractivity contribution in [3.63, 3.8) is 0 Å². The van der Waals surface area contributed by atoms with E-state index in [2.05, 4.69) is 30.2 Å². The first-order valence-electron chi connectivity index (χ1n) is 10.4. The lowest BCUT2D eigenvalue weighted by molar-refractivity contribution is 0.0958. The molecule has 1 amide bonds. The highest BCUT2D eigenvalue weighted by molar-refractivity contribution is 5.92. The molecule has 0 spiro atoms. The van der Waals surface area contributed by atoms with Crippen LogP contribution in [0.5, 0.6) is 0 Å². The van der Waals surface area contributed by atoms with Crippen molar-refractivity contribution in [2.75, 3.05) is 43.0 Å². The summed E-state index contributed by atoms with van der Waals surface area (Å²) in [5, 5.41) is 2.73. The second-order valence-corrected chi connectivity index (χ2v) is 7.55. The Balaban J connectivity index is 1.29. The maximum absolute atomic E-state index is 13.4. The summed E-state index contributed by atoms with van der Waals surface area (Å²) in [5.74, 6) is -0.459. The van der Waals surface area contributed by atoms with E-state index in [1.54, 1.807) is 19.3 Å². The number of nitrogens with one attached hydrogen (secondary N) is 2. The molecule has 168 valence electrons. The summed E-state index contributed by atoms with van der Waals surface area (Å²) in [5.41, 5.74) is 1.64. The zero-order chi connectivity index (χ0) is 22.9. The molecule has 33 heavy (non-hydrogen) atoms. The first-order valence-corrected chi connectivity index (χ1v) is 10.4. The van der Waals surface area contributed by atoms with E-state index >= 15 is 0 Å². The topological polar surface area (TPSA) is 120 Å². The van der Waals surface area contributed by atoms with Crippen molar-refractivity contribution in [2.24, 2.45) is 0 Å². The number of hydrogen-bond donors (Lipinski definition) is 2. The van der Waals surface area contributed by atoms with Gasteiger partial charge in [0.05, 0.1) is 22.8 Å². The molecule has 0 radical (unpaired) electrons. The Morgan fingerprint density at radius 2 is 1.91 bits per heavy atom. The molecule has 0 bridgehead atoms. The molecule has 4 aromatic rings. The van der Waals surface area contributed by atoms with Gasteiger partial charge >= 0.3 is 0 Å². The number of anilines is 2. The van der Waals surface area contributed by atoms with E-state index in [4.69, 9.17) is 4.42 Å². The zero-order valence-corrected chi connectivity index (χ0v) is 17.7. The van der Waals surface area contributed by atoms with E-state index in [1.807, 2.05) is 11.0 Å². The molecule has 0 atom stereocenters. The minimum absolute atomic E-state index is 0.177. The highest BCUT2D eigenvalue weighted by atomic mass is 19.1. The van der Waals surface area contributed by atoms with Gasteiger partial charge in [-0.1, -0.05) is 0 Å². The van der Waals surface area contributed by atoms with Crippen LogP contribution in [0, 0.1) is 5.82 Å². The van der Waals surface area contributed by atoms with Crippen molar-refractivity contribution >= 4 is 28.5 Å². The molecule has 5 rings (SSSR count). The lowest BCUT2D eigenvalue weighted by atomic mass is 10.2. The summed E-state index contributed by atoms with van der Waals surface area (Å²) in [7, 11) is 1.57. The normalized spacial score (nSPS) is 14.0. The van der Waals surface area contributed by atoms with Crippen LogP contribution < -0.4 is 20.7 Å². The molecule has 0 unspecified atom stereocenters. The van der Waals surface area contributed by atoms with Crippen LogP contribution in [0.15, 0.2) is 52.0 Å². The standard InChI is InChI=1S/C22H20FN7O3/c1-24-21(32)17-5-3-14(11-25-17)29-6-8-30(9-7-29)22-27-18(12-33-22)19-26-16-4-2-13(23)10-15(16)20(31)28-19/h2-5,10-12H,6-9H2,1H3,(H,24,32)(H,26,28,31). The number of aromatic amines is 1. The van der Waals surface area contributed by atoms with Crippen molar-refractivity contribution in [1.29, 1.82) is 0 Å². The third-order valence-electron chi connectivity index (χ3n) is 5.53. The fourth-order valence-electron chi connectivity index (χ4n) is 3.74. The number of benzene rings is 1.